The van der Waals surface area contributed by atoms with E-state index < -0.39 is 89.9 Å². The number of Topliss-reactive ketones (excluding diaryl/α,β-unsaturated/α-hetero) is 1. The second kappa shape index (κ2) is 43.5. The topological polar surface area (TPSA) is 452 Å². The van der Waals surface area contributed by atoms with Crippen molar-refractivity contribution in [2.24, 2.45) is 0 Å². The van der Waals surface area contributed by atoms with E-state index >= 15 is 0 Å². The van der Waals surface area contributed by atoms with Gasteiger partial charge in [-0.05, 0) is 173 Å². The molecule has 12 aromatic heterocycles. The summed E-state index contributed by atoms with van der Waals surface area (Å²) in [6.45, 7) is 16.9. The molecule has 3 atom stereocenters. The number of hydrogen-bond acceptors (Lipinski definition) is 31. The highest BCUT2D eigenvalue weighted by atomic mass is 35.5. The molecule has 19 rings (SSSR count). The number of rotatable bonds is 23. The van der Waals surface area contributed by atoms with Crippen LogP contribution in [0.25, 0.3) is 89.7 Å². The van der Waals surface area contributed by atoms with Gasteiger partial charge in [-0.1, -0.05) is 117 Å². The van der Waals surface area contributed by atoms with Gasteiger partial charge < -0.3 is 35.6 Å². The zero-order valence-electron chi connectivity index (χ0n) is 79.4. The van der Waals surface area contributed by atoms with Gasteiger partial charge in [0.2, 0.25) is 0 Å². The summed E-state index contributed by atoms with van der Waals surface area (Å²) in [5.41, 5.74) is 4.68. The average molecular weight is 2170 g/mol. The Bertz CT molecular complexity index is 8330. The minimum absolute atomic E-state index is 0.0163. The van der Waals surface area contributed by atoms with E-state index in [1.54, 1.807) is 105 Å². The highest BCUT2D eigenvalue weighted by Gasteiger charge is 2.35. The van der Waals surface area contributed by atoms with Gasteiger partial charge in [-0.15, -0.1) is 0 Å². The molecule has 3 aliphatic heterocycles. The van der Waals surface area contributed by atoms with E-state index in [1.165, 1.54) is 99.1 Å². The molecule has 0 bridgehead atoms. The summed E-state index contributed by atoms with van der Waals surface area (Å²) >= 11 is 24.7. The lowest BCUT2D eigenvalue weighted by atomic mass is 10.1. The number of benzene rings is 4. The smallest absolute Gasteiger partial charge is 0.410 e. The lowest BCUT2D eigenvalue weighted by Crippen LogP contribution is -2.47. The molecule has 16 aromatic rings. The number of ketones is 1. The summed E-state index contributed by atoms with van der Waals surface area (Å²) in [5.74, 6) is -2.90. The Labute approximate surface area is 856 Å². The van der Waals surface area contributed by atoms with Crippen molar-refractivity contribution in [3.8, 4) is 45.6 Å². The Morgan fingerprint density at radius 3 is 1.06 bits per heavy atom. The third kappa shape index (κ3) is 23.7. The van der Waals surface area contributed by atoms with Gasteiger partial charge in [-0.25, -0.2) is 140 Å². The Balaban J connectivity index is 0.000000140. The van der Waals surface area contributed by atoms with Gasteiger partial charge in [0.15, 0.2) is 107 Å². The first-order valence-corrected chi connectivity index (χ1v) is 54.4. The monoisotopic (exact) mass is 2170 g/mol. The number of aryl methyl sites for hydroxylation is 4. The SMILES string of the molecule is COCC(=O)CN1CCCC(Nc2nc(-c3cn(S(=O)(=O)c4ccc(C)cc4)c4ncc(Cl)cc34)ncc2F)C1.Cc1ccc(S(=O)(=O)n2cc(-c3ncc(F)c(NC4CCCN(C(=O)OC(C)(C)C)C4)n3)c3cc(Cl)cnc32)cc1.Cc1ccc(S(=O)(=O)n2cc(-c3ncc(F)c(NC4CCCNC4)n3)c3cc(Cl)cnc32)cc1.Cc1ccc(S(=O)(=O)n2cc(-c3ncc(F)c(S(C)(=O)=O)n3)c3cc(Cl)cnc32)cc1. The third-order valence-corrected chi connectivity index (χ3v) is 32.0. The molecule has 1 amide bonds. The van der Waals surface area contributed by atoms with E-state index in [4.69, 9.17) is 55.9 Å². The fraction of sp³-hybridized carbons (Fsp3) is 0.278. The van der Waals surface area contributed by atoms with Crippen LogP contribution in [0.15, 0.2) is 220 Å². The van der Waals surface area contributed by atoms with Crippen LogP contribution in [-0.4, -0.2) is 229 Å². The number of fused-ring (bicyclic) bond motifs is 4. The predicted octanol–water partition coefficient (Wildman–Crippen LogP) is 16.8. The Kier molecular flexibility index (Phi) is 31.4. The van der Waals surface area contributed by atoms with E-state index in [1.807, 2.05) is 32.6 Å². The summed E-state index contributed by atoms with van der Waals surface area (Å²) < 4.78 is 204. The maximum absolute atomic E-state index is 14.9. The minimum Gasteiger partial charge on any atom is -0.444 e. The van der Waals surface area contributed by atoms with Gasteiger partial charge >= 0.3 is 6.09 Å². The maximum atomic E-state index is 14.9. The second-order valence-electron chi connectivity index (χ2n) is 35.8. The van der Waals surface area contributed by atoms with Crippen molar-refractivity contribution in [3.63, 3.8) is 0 Å². The minimum atomic E-state index is -4.07. The molecule has 3 saturated heterocycles. The molecule has 3 aliphatic rings. The number of nitrogens with zero attached hydrogens (tertiary/aromatic N) is 18. The Morgan fingerprint density at radius 2 is 0.740 bits per heavy atom. The first-order valence-electron chi connectivity index (χ1n) is 45.3. The van der Waals surface area contributed by atoms with Crippen LogP contribution in [0.4, 0.5) is 39.8 Å². The van der Waals surface area contributed by atoms with Crippen LogP contribution in [-0.2, 0) is 64.2 Å². The number of halogens is 8. The predicted molar refractivity (Wildman–Crippen MR) is 545 cm³/mol. The van der Waals surface area contributed by atoms with Crippen LogP contribution >= 0.6 is 46.4 Å². The summed E-state index contributed by atoms with van der Waals surface area (Å²) in [5, 5.41) is 14.5. The quantitative estimate of drug-likeness (QED) is 0.0341. The van der Waals surface area contributed by atoms with Crippen molar-refractivity contribution in [2.75, 3.05) is 81.7 Å². The number of methoxy groups -OCH3 is 1. The number of nitrogens with one attached hydrogen (secondary N) is 4. The molecule has 0 radical (unpaired) electrons. The molecular weight excluding hydrogens is 2080 g/mol. The molecular formula is C97H94Cl4F4N22O14S5. The van der Waals surface area contributed by atoms with E-state index in [9.17, 15) is 69.2 Å². The van der Waals surface area contributed by atoms with Gasteiger partial charge in [0.25, 0.3) is 40.1 Å². The number of hydrogen-bond donors (Lipinski definition) is 4. The molecule has 3 fully saturated rings. The van der Waals surface area contributed by atoms with Crippen LogP contribution in [0.2, 0.25) is 20.1 Å². The molecule has 0 spiro atoms. The number of carbonyl (C=O) groups excluding carboxylic acids is 2. The lowest BCUT2D eigenvalue weighted by molar-refractivity contribution is -0.124. The summed E-state index contributed by atoms with van der Waals surface area (Å²) in [6, 6.07) is 31.5. The fourth-order valence-electron chi connectivity index (χ4n) is 16.4. The van der Waals surface area contributed by atoms with Crippen LogP contribution in [0.3, 0.4) is 0 Å². The number of anilines is 3. The maximum Gasteiger partial charge on any atom is 0.410 e. The molecule has 49 heteroatoms. The number of ether oxygens (including phenoxy) is 2. The number of pyridine rings is 4. The highest BCUT2D eigenvalue weighted by Crippen LogP contribution is 2.40. The number of likely N-dealkylation sites (tertiary alicyclic amines) is 2. The lowest BCUT2D eigenvalue weighted by Gasteiger charge is -2.34. The first kappa shape index (κ1) is 106. The molecule has 15 heterocycles. The van der Waals surface area contributed by atoms with Crippen molar-refractivity contribution < 1.29 is 78.7 Å². The van der Waals surface area contributed by atoms with E-state index in [-0.39, 0.29) is 141 Å². The Morgan fingerprint density at radius 1 is 0.425 bits per heavy atom. The van der Waals surface area contributed by atoms with Crippen LogP contribution in [0.1, 0.15) is 81.5 Å². The fourth-order valence-corrected chi connectivity index (χ4v) is 23.0. The van der Waals surface area contributed by atoms with Gasteiger partial charge in [-0.2, -0.15) is 0 Å². The normalized spacial score (nSPS) is 15.5. The second-order valence-corrected chi connectivity index (χ2v) is 46.7. The van der Waals surface area contributed by atoms with E-state index in [0.29, 0.717) is 88.1 Å². The van der Waals surface area contributed by atoms with E-state index in [2.05, 4.69) is 81.1 Å². The highest BCUT2D eigenvalue weighted by molar-refractivity contribution is 7.91. The molecule has 4 N–H and O–H groups in total. The van der Waals surface area contributed by atoms with E-state index in [0.717, 1.165) is 102 Å². The molecule has 4 aromatic carbocycles. The first-order chi connectivity index (χ1) is 69.3. The number of amides is 1. The van der Waals surface area contributed by atoms with Crippen LogP contribution in [0.5, 0.6) is 0 Å². The Hall–Kier alpha value is -13.2. The standard InChI is InChI=1S/C28H30ClFN6O4S.C27H28ClFN6O4S.C23H22ClFN6O2S.C19H14ClFN4O4S2/c1-17-7-9-20(10-8-17)41(38,39)36-16-22(21-12-18(29)13-32-26(21)36)24-31-14-23(30)25(34-24)33-19-6-5-11-35(15-19)27(37)40-28(2,3)4;1-17-5-7-21(8-6-17)40(37,38)35-15-23(22-10-18(28)11-31-27(22)35)25-30-12-24(29)26(33-25)32-19-4-3-9-34(13-19)14-20(36)16-39-2;1-14-4-6-17(7-5-14)34(32,33)31-13-19(18-9-15(24)10-28-23(18)31)21-27-12-20(25)22(30-21)29-16-3-2-8-26-11-16;1-11-3-5-13(6-4-11)31(28,29)25-10-15(14-7-12(20)8-23-18(14)25)17-22-9-16(21)19(24-17)30(2,26)27/h7-10,12-14,16,19H,5-6,11,15H2,1-4H3,(H,31,33,34);5-8,10-12,15,19H,3-4,9,13-14,16H2,1-2H3,(H,30,32,33);4-7,9-10,12-13,16,26H,2-3,8,11H2,1H3,(H,27,29,30);3-10H,1-2H3. The van der Waals surface area contributed by atoms with Crippen molar-refractivity contribution in [3.05, 3.63) is 261 Å². The van der Waals surface area contributed by atoms with Crippen molar-refractivity contribution in [1.82, 2.24) is 90.8 Å². The van der Waals surface area contributed by atoms with Gasteiger partial charge in [0, 0.05) is 151 Å². The van der Waals surface area contributed by atoms with Crippen molar-refractivity contribution in [1.29, 1.82) is 0 Å². The summed E-state index contributed by atoms with van der Waals surface area (Å²) in [6.07, 6.45) is 19.8. The van der Waals surface area contributed by atoms with Gasteiger partial charge in [-0.3, -0.25) is 9.69 Å². The number of carbonyl (C=O) groups is 2. The van der Waals surface area contributed by atoms with Crippen LogP contribution in [0, 0.1) is 51.0 Å². The average Bonchev–Trinajstić information content (AvgIpc) is 1.61. The zero-order chi connectivity index (χ0) is 104. The molecule has 146 heavy (non-hydrogen) atoms. The zero-order valence-corrected chi connectivity index (χ0v) is 86.5. The number of piperidine rings is 3. The molecule has 0 aliphatic carbocycles. The van der Waals surface area contributed by atoms with Gasteiger partial charge in [0.05, 0.1) is 71.0 Å². The molecule has 36 nitrogen and oxygen atoms in total. The van der Waals surface area contributed by atoms with Crippen molar-refractivity contribution >= 4 is 170 Å². The number of sulfone groups is 1. The largest absolute Gasteiger partial charge is 0.444 e. The summed E-state index contributed by atoms with van der Waals surface area (Å²) in [7, 11) is -18.6. The third-order valence-electron chi connectivity index (χ3n) is 23.5. The molecule has 0 saturated carbocycles. The van der Waals surface area contributed by atoms with Crippen LogP contribution < -0.4 is 21.3 Å². The molecule has 762 valence electrons. The summed E-state index contributed by atoms with van der Waals surface area (Å²) in [4.78, 5) is 78.8. The van der Waals surface area contributed by atoms with Crippen molar-refractivity contribution in [2.45, 2.75) is 135 Å². The number of aromatic nitrogens is 16. The molecule has 3 unspecified atom stereocenters. The van der Waals surface area contributed by atoms with Gasteiger partial charge in [0.1, 0.15) is 12.2 Å².